The molecule has 1 rings (SSSR count). The number of hydrogen-bond donors (Lipinski definition) is 2. The van der Waals surface area contributed by atoms with Crippen molar-refractivity contribution in [3.63, 3.8) is 0 Å². The van der Waals surface area contributed by atoms with Gasteiger partial charge in [0, 0.05) is 0 Å². The summed E-state index contributed by atoms with van der Waals surface area (Å²) in [6.07, 6.45) is 0. The zero-order valence-electron chi connectivity index (χ0n) is 7.80. The summed E-state index contributed by atoms with van der Waals surface area (Å²) in [6, 6.07) is 8.95. The summed E-state index contributed by atoms with van der Waals surface area (Å²) in [7, 11) is 0. The monoisotopic (exact) mass is 210 g/mol. The minimum Gasteiger partial charge on any atom is -0.452 e. The molecule has 0 aliphatic carbocycles. The predicted octanol–water partition coefficient (Wildman–Crippen LogP) is -0.349. The number of hydrazine groups is 1. The van der Waals surface area contributed by atoms with Crippen molar-refractivity contribution in [3.8, 4) is 0 Å². The molecule has 80 valence electrons. The van der Waals surface area contributed by atoms with Crippen molar-refractivity contribution in [1.29, 1.82) is 0 Å². The third-order valence-electron chi connectivity index (χ3n) is 1.53. The van der Waals surface area contributed by atoms with Gasteiger partial charge in [-0.15, -0.1) is 0 Å². The summed E-state index contributed by atoms with van der Waals surface area (Å²) in [5.74, 6) is 2.39. The van der Waals surface area contributed by atoms with Crippen LogP contribution in [0.2, 0.25) is 0 Å². The van der Waals surface area contributed by atoms with E-state index >= 15 is 0 Å². The number of hydrogen-bond acceptors (Lipinski definition) is 6. The molecule has 3 N–H and O–H groups in total. The minimum absolute atomic E-state index is 0.0132. The molecule has 0 spiro atoms. The molecule has 6 heteroatoms. The number of nitrogens with one attached hydrogen (secondary N) is 1. The van der Waals surface area contributed by atoms with Gasteiger partial charge in [-0.05, 0) is 5.56 Å². The Morgan fingerprint density at radius 3 is 2.47 bits per heavy atom. The molecule has 0 radical (unpaired) electrons. The Hall–Kier alpha value is -1.92. The van der Waals surface area contributed by atoms with Crippen molar-refractivity contribution >= 4 is 11.9 Å². The molecule has 0 heterocycles. The van der Waals surface area contributed by atoms with E-state index in [2.05, 4.69) is 15.4 Å². The van der Waals surface area contributed by atoms with E-state index in [1.54, 1.807) is 29.9 Å². The molecule has 6 nitrogen and oxygen atoms in total. The van der Waals surface area contributed by atoms with Gasteiger partial charge >= 0.3 is 11.9 Å². The van der Waals surface area contributed by atoms with Crippen LogP contribution >= 0.6 is 0 Å². The maximum atomic E-state index is 10.9. The standard InChI is InChI=1S/C9H10N2O4/c10-11-15-9(13)8(12)14-6-7-4-2-1-3-5-7/h1-5,11H,6,10H2. The van der Waals surface area contributed by atoms with E-state index in [1.165, 1.54) is 0 Å². The summed E-state index contributed by atoms with van der Waals surface area (Å²) in [4.78, 5) is 25.6. The van der Waals surface area contributed by atoms with Gasteiger partial charge in [0.1, 0.15) is 6.61 Å². The van der Waals surface area contributed by atoms with Gasteiger partial charge in [-0.25, -0.2) is 15.4 Å². The normalized spacial score (nSPS) is 9.40. The zero-order chi connectivity index (χ0) is 11.1. The second-order valence-corrected chi connectivity index (χ2v) is 2.57. The molecule has 1 aromatic rings. The van der Waals surface area contributed by atoms with Crippen molar-refractivity contribution in [1.82, 2.24) is 5.59 Å². The lowest BCUT2D eigenvalue weighted by molar-refractivity contribution is -0.173. The molecule has 0 aliphatic rings. The molecular weight excluding hydrogens is 200 g/mol. The molecule has 0 aliphatic heterocycles. The van der Waals surface area contributed by atoms with E-state index < -0.39 is 11.9 Å². The number of nitrogens with two attached hydrogens (primary N) is 1. The molecule has 0 amide bonds. The van der Waals surface area contributed by atoms with Gasteiger partial charge in [0.05, 0.1) is 0 Å². The summed E-state index contributed by atoms with van der Waals surface area (Å²) in [5, 5.41) is 0. The summed E-state index contributed by atoms with van der Waals surface area (Å²) >= 11 is 0. The summed E-state index contributed by atoms with van der Waals surface area (Å²) in [5.41, 5.74) is 2.37. The van der Waals surface area contributed by atoms with Crippen molar-refractivity contribution in [2.45, 2.75) is 6.61 Å². The second kappa shape index (κ2) is 5.74. The number of benzene rings is 1. The molecule has 0 saturated carbocycles. The lowest BCUT2D eigenvalue weighted by Crippen LogP contribution is -2.31. The number of esters is 1. The van der Waals surface area contributed by atoms with Crippen LogP contribution in [0, 0.1) is 0 Å². The van der Waals surface area contributed by atoms with Gasteiger partial charge in [-0.3, -0.25) is 0 Å². The highest BCUT2D eigenvalue weighted by Gasteiger charge is 2.17. The first-order valence-corrected chi connectivity index (χ1v) is 4.11. The van der Waals surface area contributed by atoms with Crippen LogP contribution in [0.1, 0.15) is 5.56 Å². The topological polar surface area (TPSA) is 90.6 Å². The maximum Gasteiger partial charge on any atom is 0.437 e. The smallest absolute Gasteiger partial charge is 0.437 e. The van der Waals surface area contributed by atoms with Gasteiger partial charge in [0.15, 0.2) is 0 Å². The van der Waals surface area contributed by atoms with Crippen LogP contribution in [-0.4, -0.2) is 11.9 Å². The van der Waals surface area contributed by atoms with Crippen LogP contribution in [-0.2, 0) is 25.8 Å². The van der Waals surface area contributed by atoms with Crippen molar-refractivity contribution in [2.75, 3.05) is 0 Å². The van der Waals surface area contributed by atoms with Gasteiger partial charge < -0.3 is 9.57 Å². The van der Waals surface area contributed by atoms with E-state index in [4.69, 9.17) is 0 Å². The van der Waals surface area contributed by atoms with Crippen molar-refractivity contribution in [2.24, 2.45) is 5.84 Å². The van der Waals surface area contributed by atoms with E-state index in [0.717, 1.165) is 5.56 Å². The van der Waals surface area contributed by atoms with E-state index in [1.807, 2.05) is 6.07 Å². The summed E-state index contributed by atoms with van der Waals surface area (Å²) in [6.45, 7) is 0.0132. The molecule has 0 fully saturated rings. The molecule has 0 aromatic heterocycles. The fraction of sp³-hybridized carbons (Fsp3) is 0.111. The van der Waals surface area contributed by atoms with Gasteiger partial charge in [0.2, 0.25) is 0 Å². The highest BCUT2D eigenvalue weighted by molar-refractivity contribution is 6.29. The minimum atomic E-state index is -1.19. The third kappa shape index (κ3) is 3.75. The van der Waals surface area contributed by atoms with Gasteiger partial charge in [0.25, 0.3) is 0 Å². The van der Waals surface area contributed by atoms with Crippen LogP contribution in [0.15, 0.2) is 30.3 Å². The Labute approximate surface area is 85.9 Å². The largest absolute Gasteiger partial charge is 0.452 e. The van der Waals surface area contributed by atoms with E-state index in [9.17, 15) is 9.59 Å². The van der Waals surface area contributed by atoms with Crippen LogP contribution in [0.25, 0.3) is 0 Å². The molecular formula is C9H10N2O4. The fourth-order valence-electron chi connectivity index (χ4n) is 0.877. The maximum absolute atomic E-state index is 10.9. The molecule has 0 bridgehead atoms. The van der Waals surface area contributed by atoms with Gasteiger partial charge in [-0.2, -0.15) is 0 Å². The average Bonchev–Trinajstić information content (AvgIpc) is 2.27. The second-order valence-electron chi connectivity index (χ2n) is 2.57. The SMILES string of the molecule is NNOC(=O)C(=O)OCc1ccccc1. The molecule has 0 atom stereocenters. The third-order valence-corrected chi connectivity index (χ3v) is 1.53. The van der Waals surface area contributed by atoms with E-state index in [0.29, 0.717) is 0 Å². The number of carbonyl (C=O) groups excluding carboxylic acids is 2. The predicted molar refractivity (Wildman–Crippen MR) is 49.7 cm³/mol. The number of rotatable bonds is 3. The number of carbonyl (C=O) groups is 2. The first-order valence-electron chi connectivity index (χ1n) is 4.11. The van der Waals surface area contributed by atoms with E-state index in [-0.39, 0.29) is 6.61 Å². The Kier molecular flexibility index (Phi) is 4.27. The van der Waals surface area contributed by atoms with Gasteiger partial charge in [-0.1, -0.05) is 35.9 Å². The molecule has 1 aromatic carbocycles. The molecule has 0 saturated heterocycles. The quantitative estimate of drug-likeness (QED) is 0.307. The van der Waals surface area contributed by atoms with Crippen molar-refractivity contribution in [3.05, 3.63) is 35.9 Å². The number of ether oxygens (including phenoxy) is 1. The Morgan fingerprint density at radius 2 is 1.87 bits per heavy atom. The molecule has 15 heavy (non-hydrogen) atoms. The molecule has 0 unspecified atom stereocenters. The Morgan fingerprint density at radius 1 is 1.20 bits per heavy atom. The Balaban J connectivity index is 2.38. The Bertz CT molecular complexity index is 339. The summed E-state index contributed by atoms with van der Waals surface area (Å²) < 4.78 is 4.63. The fourth-order valence-corrected chi connectivity index (χ4v) is 0.877. The first kappa shape index (κ1) is 11.2. The van der Waals surface area contributed by atoms with Crippen molar-refractivity contribution < 1.29 is 19.2 Å². The van der Waals surface area contributed by atoms with Crippen LogP contribution < -0.4 is 11.4 Å². The average molecular weight is 210 g/mol. The van der Waals surface area contributed by atoms with Crippen LogP contribution in [0.3, 0.4) is 0 Å². The van der Waals surface area contributed by atoms with Crippen LogP contribution in [0.4, 0.5) is 0 Å². The van der Waals surface area contributed by atoms with Crippen LogP contribution in [0.5, 0.6) is 0 Å². The highest BCUT2D eigenvalue weighted by atomic mass is 16.7. The lowest BCUT2D eigenvalue weighted by atomic mass is 10.2. The zero-order valence-corrected chi connectivity index (χ0v) is 7.80. The lowest BCUT2D eigenvalue weighted by Gasteiger charge is -2.03. The highest BCUT2D eigenvalue weighted by Crippen LogP contribution is 2.00. The first-order chi connectivity index (χ1) is 7.24.